The Morgan fingerprint density at radius 1 is 1.00 bits per heavy atom. The van der Waals surface area contributed by atoms with E-state index in [0.29, 0.717) is 58.4 Å². The van der Waals surface area contributed by atoms with E-state index in [-0.39, 0.29) is 11.9 Å². The molecule has 0 bridgehead atoms. The first kappa shape index (κ1) is 17.0. The number of ether oxygens (including phenoxy) is 1. The molecule has 0 aliphatic carbocycles. The van der Waals surface area contributed by atoms with Crippen molar-refractivity contribution in [1.29, 1.82) is 0 Å². The van der Waals surface area contributed by atoms with Crippen LogP contribution in [0.15, 0.2) is 0 Å². The van der Waals surface area contributed by atoms with E-state index in [1.807, 2.05) is 9.80 Å². The van der Waals surface area contributed by atoms with Crippen molar-refractivity contribution in [3.05, 3.63) is 0 Å². The zero-order valence-electron chi connectivity index (χ0n) is 13.7. The minimum absolute atomic E-state index is 0.0710. The lowest BCUT2D eigenvalue weighted by Crippen LogP contribution is -2.55. The summed E-state index contributed by atoms with van der Waals surface area (Å²) in [6.45, 7) is 10.8. The summed E-state index contributed by atoms with van der Waals surface area (Å²) in [5.41, 5.74) is 0. The third-order valence-electron chi connectivity index (χ3n) is 4.00. The smallest absolute Gasteiger partial charge is 0.320 e. The minimum Gasteiger partial charge on any atom is -0.378 e. The summed E-state index contributed by atoms with van der Waals surface area (Å²) in [6, 6.07) is 0.104. The van der Waals surface area contributed by atoms with E-state index in [2.05, 4.69) is 24.1 Å². The number of rotatable bonds is 4. The second-order valence-electron chi connectivity index (χ2n) is 6.34. The summed E-state index contributed by atoms with van der Waals surface area (Å²) >= 11 is 0. The Balaban J connectivity index is 1.68. The number of hydrogen-bond donors (Lipinski definition) is 1. The van der Waals surface area contributed by atoms with Gasteiger partial charge >= 0.3 is 6.03 Å². The van der Waals surface area contributed by atoms with Gasteiger partial charge in [0.1, 0.15) is 0 Å². The zero-order valence-corrected chi connectivity index (χ0v) is 13.7. The van der Waals surface area contributed by atoms with Gasteiger partial charge in [0.15, 0.2) is 0 Å². The zero-order chi connectivity index (χ0) is 15.9. The van der Waals surface area contributed by atoms with Crippen LogP contribution in [0, 0.1) is 5.92 Å². The van der Waals surface area contributed by atoms with Gasteiger partial charge in [0, 0.05) is 45.8 Å². The molecule has 3 amide bonds. The molecule has 7 nitrogen and oxygen atoms in total. The molecular formula is C15H28N4O3. The number of nitrogens with one attached hydrogen (secondary N) is 1. The van der Waals surface area contributed by atoms with Gasteiger partial charge in [-0.25, -0.2) is 4.79 Å². The number of morpholine rings is 1. The number of carbonyl (C=O) groups is 2. The van der Waals surface area contributed by atoms with Gasteiger partial charge in [-0.05, 0) is 5.92 Å². The summed E-state index contributed by atoms with van der Waals surface area (Å²) in [6.07, 6.45) is 0. The van der Waals surface area contributed by atoms with E-state index in [1.54, 1.807) is 0 Å². The maximum atomic E-state index is 12.4. The highest BCUT2D eigenvalue weighted by molar-refractivity contribution is 5.78. The van der Waals surface area contributed by atoms with Crippen LogP contribution in [0.1, 0.15) is 13.8 Å². The van der Waals surface area contributed by atoms with Crippen LogP contribution in [-0.4, -0.2) is 92.2 Å². The molecule has 0 aromatic carbocycles. The summed E-state index contributed by atoms with van der Waals surface area (Å²) in [5.74, 6) is 0.536. The molecule has 22 heavy (non-hydrogen) atoms. The first-order valence-electron chi connectivity index (χ1n) is 8.17. The highest BCUT2D eigenvalue weighted by Crippen LogP contribution is 2.07. The van der Waals surface area contributed by atoms with Crippen molar-refractivity contribution in [2.45, 2.75) is 13.8 Å². The fourth-order valence-electron chi connectivity index (χ4n) is 2.63. The van der Waals surface area contributed by atoms with Crippen LogP contribution in [0.3, 0.4) is 0 Å². The molecule has 2 heterocycles. The topological polar surface area (TPSA) is 65.1 Å². The monoisotopic (exact) mass is 312 g/mol. The Morgan fingerprint density at radius 3 is 2.18 bits per heavy atom. The third-order valence-corrected chi connectivity index (χ3v) is 4.00. The quantitative estimate of drug-likeness (QED) is 0.783. The molecule has 0 atom stereocenters. The van der Waals surface area contributed by atoms with Gasteiger partial charge in [0.25, 0.3) is 0 Å². The molecule has 0 unspecified atom stereocenters. The lowest BCUT2D eigenvalue weighted by molar-refractivity contribution is -0.122. The highest BCUT2D eigenvalue weighted by atomic mass is 16.5. The standard InChI is InChI=1S/C15H28N4O3/c1-13(2)11-16-14(20)12-17-3-5-18(6-4-17)15(21)19-7-9-22-10-8-19/h13H,3-12H2,1-2H3,(H,16,20). The maximum Gasteiger partial charge on any atom is 0.320 e. The highest BCUT2D eigenvalue weighted by Gasteiger charge is 2.26. The summed E-state index contributed by atoms with van der Waals surface area (Å²) < 4.78 is 5.27. The molecule has 126 valence electrons. The molecule has 0 aromatic heterocycles. The van der Waals surface area contributed by atoms with Gasteiger partial charge in [0.05, 0.1) is 19.8 Å². The molecule has 0 aromatic rings. The van der Waals surface area contributed by atoms with E-state index in [4.69, 9.17) is 4.74 Å². The summed E-state index contributed by atoms with van der Waals surface area (Å²) in [7, 11) is 0. The first-order valence-corrected chi connectivity index (χ1v) is 8.17. The molecule has 2 aliphatic rings. The molecule has 0 radical (unpaired) electrons. The van der Waals surface area contributed by atoms with Gasteiger partial charge in [0.2, 0.25) is 5.91 Å². The van der Waals surface area contributed by atoms with Gasteiger partial charge in [-0.2, -0.15) is 0 Å². The van der Waals surface area contributed by atoms with Crippen LogP contribution in [0.5, 0.6) is 0 Å². The van der Waals surface area contributed by atoms with Crippen LogP contribution >= 0.6 is 0 Å². The lowest BCUT2D eigenvalue weighted by atomic mass is 10.2. The number of amides is 3. The molecule has 1 N–H and O–H groups in total. The number of hydrogen-bond acceptors (Lipinski definition) is 4. The molecule has 2 rings (SSSR count). The van der Waals surface area contributed by atoms with Crippen molar-refractivity contribution < 1.29 is 14.3 Å². The SMILES string of the molecule is CC(C)CNC(=O)CN1CCN(C(=O)N2CCOCC2)CC1. The van der Waals surface area contributed by atoms with Crippen LogP contribution in [0.2, 0.25) is 0 Å². The fourth-order valence-corrected chi connectivity index (χ4v) is 2.63. The first-order chi connectivity index (χ1) is 10.6. The van der Waals surface area contributed by atoms with Crippen LogP contribution < -0.4 is 5.32 Å². The number of piperazine rings is 1. The van der Waals surface area contributed by atoms with Crippen molar-refractivity contribution >= 4 is 11.9 Å². The van der Waals surface area contributed by atoms with Crippen molar-refractivity contribution in [3.63, 3.8) is 0 Å². The minimum atomic E-state index is 0.0710. The molecule has 2 saturated heterocycles. The summed E-state index contributed by atoms with van der Waals surface area (Å²) in [5, 5.41) is 2.93. The maximum absolute atomic E-state index is 12.4. The Kier molecular flexibility index (Phi) is 6.45. The lowest BCUT2D eigenvalue weighted by Gasteiger charge is -2.38. The summed E-state index contributed by atoms with van der Waals surface area (Å²) in [4.78, 5) is 30.0. The van der Waals surface area contributed by atoms with E-state index in [9.17, 15) is 9.59 Å². The second-order valence-corrected chi connectivity index (χ2v) is 6.34. The molecule has 2 aliphatic heterocycles. The Hall–Kier alpha value is -1.34. The fraction of sp³-hybridized carbons (Fsp3) is 0.867. The van der Waals surface area contributed by atoms with Crippen LogP contribution in [0.25, 0.3) is 0 Å². The number of carbonyl (C=O) groups excluding carboxylic acids is 2. The van der Waals surface area contributed by atoms with Crippen molar-refractivity contribution in [3.8, 4) is 0 Å². The average molecular weight is 312 g/mol. The van der Waals surface area contributed by atoms with E-state index in [1.165, 1.54) is 0 Å². The van der Waals surface area contributed by atoms with Crippen molar-refractivity contribution in [2.24, 2.45) is 5.92 Å². The predicted molar refractivity (Wildman–Crippen MR) is 83.6 cm³/mol. The van der Waals surface area contributed by atoms with Crippen molar-refractivity contribution in [1.82, 2.24) is 20.0 Å². The Labute approximate surface area is 132 Å². The molecule has 0 saturated carbocycles. The van der Waals surface area contributed by atoms with E-state index < -0.39 is 0 Å². The molecule has 2 fully saturated rings. The van der Waals surface area contributed by atoms with Gasteiger partial charge in [-0.15, -0.1) is 0 Å². The van der Waals surface area contributed by atoms with Gasteiger partial charge in [-0.1, -0.05) is 13.8 Å². The Bertz CT molecular complexity index is 375. The van der Waals surface area contributed by atoms with E-state index in [0.717, 1.165) is 13.1 Å². The second kappa shape index (κ2) is 8.33. The predicted octanol–water partition coefficient (Wildman–Crippen LogP) is -0.172. The van der Waals surface area contributed by atoms with Gasteiger partial charge in [-0.3, -0.25) is 9.69 Å². The Morgan fingerprint density at radius 2 is 1.59 bits per heavy atom. The molecule has 0 spiro atoms. The molecular weight excluding hydrogens is 284 g/mol. The van der Waals surface area contributed by atoms with Gasteiger partial charge < -0.3 is 19.9 Å². The number of urea groups is 1. The largest absolute Gasteiger partial charge is 0.378 e. The average Bonchev–Trinajstić information content (AvgIpc) is 2.54. The van der Waals surface area contributed by atoms with Crippen LogP contribution in [-0.2, 0) is 9.53 Å². The molecule has 7 heteroatoms. The third kappa shape index (κ3) is 5.14. The number of nitrogens with zero attached hydrogens (tertiary/aromatic N) is 3. The normalized spacial score (nSPS) is 20.3. The van der Waals surface area contributed by atoms with E-state index >= 15 is 0 Å². The van der Waals surface area contributed by atoms with Crippen molar-refractivity contribution in [2.75, 3.05) is 65.6 Å². The van der Waals surface area contributed by atoms with Crippen LogP contribution in [0.4, 0.5) is 4.79 Å².